The molecule has 19 heavy (non-hydrogen) atoms. The van der Waals surface area contributed by atoms with Crippen LogP contribution in [0.5, 0.6) is 0 Å². The Kier molecular flexibility index (Phi) is 4.96. The molecule has 2 aromatic carbocycles. The summed E-state index contributed by atoms with van der Waals surface area (Å²) in [6.45, 7) is 0.693. The topological polar surface area (TPSA) is 12.0 Å². The highest BCUT2D eigenvalue weighted by molar-refractivity contribution is 9.10. The zero-order chi connectivity index (χ0) is 13.8. The van der Waals surface area contributed by atoms with Crippen molar-refractivity contribution in [3.63, 3.8) is 0 Å². The predicted octanol–water partition coefficient (Wildman–Crippen LogP) is 4.60. The van der Waals surface area contributed by atoms with Crippen molar-refractivity contribution in [1.29, 1.82) is 0 Å². The number of nitrogens with one attached hydrogen (secondary N) is 1. The van der Waals surface area contributed by atoms with Crippen LogP contribution in [-0.2, 0) is 6.54 Å². The van der Waals surface area contributed by atoms with Crippen molar-refractivity contribution in [2.45, 2.75) is 16.3 Å². The highest BCUT2D eigenvalue weighted by atomic mass is 79.9. The van der Waals surface area contributed by atoms with Gasteiger partial charge in [0.2, 0.25) is 0 Å². The van der Waals surface area contributed by atoms with E-state index >= 15 is 0 Å². The van der Waals surface area contributed by atoms with Gasteiger partial charge in [-0.15, -0.1) is 0 Å². The van der Waals surface area contributed by atoms with Gasteiger partial charge in [-0.1, -0.05) is 33.8 Å². The molecular weight excluding hydrogens is 332 g/mol. The van der Waals surface area contributed by atoms with E-state index < -0.39 is 11.6 Å². The van der Waals surface area contributed by atoms with Crippen LogP contribution in [0.4, 0.5) is 8.78 Å². The Bertz CT molecular complexity index is 590. The summed E-state index contributed by atoms with van der Waals surface area (Å²) in [5, 5.41) is 3.07. The second kappa shape index (κ2) is 6.50. The normalized spacial score (nSPS) is 10.7. The van der Waals surface area contributed by atoms with Gasteiger partial charge in [-0.3, -0.25) is 0 Å². The molecule has 2 rings (SSSR count). The minimum Gasteiger partial charge on any atom is -0.316 e. The van der Waals surface area contributed by atoms with Gasteiger partial charge in [0, 0.05) is 26.9 Å². The van der Waals surface area contributed by atoms with Crippen LogP contribution < -0.4 is 5.32 Å². The maximum Gasteiger partial charge on any atom is 0.140 e. The average molecular weight is 344 g/mol. The summed E-state index contributed by atoms with van der Waals surface area (Å²) in [5.74, 6) is -1.10. The average Bonchev–Trinajstić information content (AvgIpc) is 2.36. The molecule has 0 bridgehead atoms. The first-order valence-corrected chi connectivity index (χ1v) is 7.27. The molecule has 0 radical (unpaired) electrons. The van der Waals surface area contributed by atoms with Crippen LogP contribution in [-0.4, -0.2) is 7.05 Å². The van der Waals surface area contributed by atoms with Crippen molar-refractivity contribution in [2.75, 3.05) is 7.05 Å². The summed E-state index contributed by atoms with van der Waals surface area (Å²) >= 11 is 4.70. The standard InChI is InChI=1S/C14H12BrF2NS/c1-18-8-9-2-3-10(15)6-14(9)19-13-5-4-11(16)7-12(13)17/h2-7,18H,8H2,1H3. The molecule has 1 nitrogen and oxygen atoms in total. The van der Waals surface area contributed by atoms with E-state index in [4.69, 9.17) is 0 Å². The van der Waals surface area contributed by atoms with Crippen molar-refractivity contribution >= 4 is 27.7 Å². The Morgan fingerprint density at radius 2 is 1.89 bits per heavy atom. The summed E-state index contributed by atoms with van der Waals surface area (Å²) in [7, 11) is 1.86. The summed E-state index contributed by atoms with van der Waals surface area (Å²) in [6, 6.07) is 9.47. The zero-order valence-electron chi connectivity index (χ0n) is 10.2. The SMILES string of the molecule is CNCc1ccc(Br)cc1Sc1ccc(F)cc1F. The molecule has 0 aliphatic rings. The third kappa shape index (κ3) is 3.78. The number of rotatable bonds is 4. The number of benzene rings is 2. The van der Waals surface area contributed by atoms with E-state index in [0.29, 0.717) is 11.4 Å². The lowest BCUT2D eigenvalue weighted by Gasteiger charge is -2.10. The predicted molar refractivity (Wildman–Crippen MR) is 77.4 cm³/mol. The van der Waals surface area contributed by atoms with Gasteiger partial charge in [-0.05, 0) is 36.9 Å². The van der Waals surface area contributed by atoms with Crippen LogP contribution in [0.1, 0.15) is 5.56 Å². The van der Waals surface area contributed by atoms with Gasteiger partial charge >= 0.3 is 0 Å². The maximum absolute atomic E-state index is 13.7. The molecule has 0 spiro atoms. The lowest BCUT2D eigenvalue weighted by Crippen LogP contribution is -2.06. The van der Waals surface area contributed by atoms with E-state index in [1.807, 2.05) is 25.2 Å². The highest BCUT2D eigenvalue weighted by Gasteiger charge is 2.09. The molecule has 0 atom stereocenters. The number of halogens is 3. The van der Waals surface area contributed by atoms with Crippen molar-refractivity contribution in [3.05, 3.63) is 58.1 Å². The van der Waals surface area contributed by atoms with Gasteiger partial charge in [0.25, 0.3) is 0 Å². The van der Waals surface area contributed by atoms with Crippen molar-refractivity contribution in [3.8, 4) is 0 Å². The molecule has 0 aliphatic carbocycles. The third-order valence-electron chi connectivity index (χ3n) is 2.51. The van der Waals surface area contributed by atoms with Crippen molar-refractivity contribution in [2.24, 2.45) is 0 Å². The maximum atomic E-state index is 13.7. The van der Waals surface area contributed by atoms with E-state index in [1.54, 1.807) is 0 Å². The first-order valence-electron chi connectivity index (χ1n) is 5.66. The summed E-state index contributed by atoms with van der Waals surface area (Å²) in [6.07, 6.45) is 0. The van der Waals surface area contributed by atoms with Gasteiger partial charge in [-0.2, -0.15) is 0 Å². The Morgan fingerprint density at radius 3 is 2.58 bits per heavy atom. The third-order valence-corrected chi connectivity index (χ3v) is 4.15. The quantitative estimate of drug-likeness (QED) is 0.870. The minimum atomic E-state index is -0.563. The molecule has 5 heteroatoms. The molecule has 0 saturated heterocycles. The van der Waals surface area contributed by atoms with Crippen LogP contribution in [0.2, 0.25) is 0 Å². The molecule has 1 N–H and O–H groups in total. The minimum absolute atomic E-state index is 0.414. The first kappa shape index (κ1) is 14.5. The van der Waals surface area contributed by atoms with Crippen LogP contribution in [0.15, 0.2) is 50.7 Å². The van der Waals surface area contributed by atoms with Crippen molar-refractivity contribution < 1.29 is 8.78 Å². The Morgan fingerprint density at radius 1 is 1.11 bits per heavy atom. The summed E-state index contributed by atoms with van der Waals surface area (Å²) < 4.78 is 27.5. The van der Waals surface area contributed by atoms with Crippen LogP contribution >= 0.6 is 27.7 Å². The number of hydrogen-bond donors (Lipinski definition) is 1. The van der Waals surface area contributed by atoms with E-state index in [1.165, 1.54) is 23.9 Å². The monoisotopic (exact) mass is 343 g/mol. The highest BCUT2D eigenvalue weighted by Crippen LogP contribution is 2.34. The molecular formula is C14H12BrF2NS. The second-order valence-corrected chi connectivity index (χ2v) is 5.96. The van der Waals surface area contributed by atoms with E-state index in [2.05, 4.69) is 21.2 Å². The molecule has 0 fully saturated rings. The van der Waals surface area contributed by atoms with Gasteiger partial charge in [0.15, 0.2) is 0 Å². The van der Waals surface area contributed by atoms with Crippen molar-refractivity contribution in [1.82, 2.24) is 5.32 Å². The van der Waals surface area contributed by atoms with E-state index in [9.17, 15) is 8.78 Å². The molecule has 0 aromatic heterocycles. The molecule has 100 valence electrons. The Hall–Kier alpha value is -0.910. The van der Waals surface area contributed by atoms with Gasteiger partial charge in [-0.25, -0.2) is 8.78 Å². The molecule has 0 unspecified atom stereocenters. The fourth-order valence-corrected chi connectivity index (χ4v) is 3.14. The van der Waals surface area contributed by atoms with Crippen LogP contribution in [0.3, 0.4) is 0 Å². The van der Waals surface area contributed by atoms with Gasteiger partial charge in [0.1, 0.15) is 11.6 Å². The molecule has 0 saturated carbocycles. The Labute approximate surface area is 123 Å². The van der Waals surface area contributed by atoms with Gasteiger partial charge in [0.05, 0.1) is 0 Å². The lowest BCUT2D eigenvalue weighted by atomic mass is 10.2. The Balaban J connectivity index is 2.33. The largest absolute Gasteiger partial charge is 0.316 e. The molecule has 0 heterocycles. The first-order chi connectivity index (χ1) is 9.10. The van der Waals surface area contributed by atoms with Crippen LogP contribution in [0.25, 0.3) is 0 Å². The van der Waals surface area contributed by atoms with E-state index in [-0.39, 0.29) is 0 Å². The molecule has 2 aromatic rings. The molecule has 0 aliphatic heterocycles. The fraction of sp³-hybridized carbons (Fsp3) is 0.143. The van der Waals surface area contributed by atoms with Crippen LogP contribution in [0, 0.1) is 11.6 Å². The smallest absolute Gasteiger partial charge is 0.140 e. The summed E-state index contributed by atoms with van der Waals surface area (Å²) in [4.78, 5) is 1.35. The molecule has 0 amide bonds. The second-order valence-electron chi connectivity index (χ2n) is 3.96. The fourth-order valence-electron chi connectivity index (χ4n) is 1.64. The van der Waals surface area contributed by atoms with Gasteiger partial charge < -0.3 is 5.32 Å². The number of hydrogen-bond acceptors (Lipinski definition) is 2. The lowest BCUT2D eigenvalue weighted by molar-refractivity contribution is 0.565. The zero-order valence-corrected chi connectivity index (χ0v) is 12.6. The summed E-state index contributed by atoms with van der Waals surface area (Å²) in [5.41, 5.74) is 1.07. The van der Waals surface area contributed by atoms with E-state index in [0.717, 1.165) is 21.0 Å².